The molecule has 0 fully saturated rings. The highest BCUT2D eigenvalue weighted by Gasteiger charge is 2.11. The Hall–Kier alpha value is -2.86. The number of anilines is 1. The van der Waals surface area contributed by atoms with Gasteiger partial charge in [0.05, 0.1) is 10.2 Å². The van der Waals surface area contributed by atoms with Crippen LogP contribution >= 0.6 is 11.3 Å². The summed E-state index contributed by atoms with van der Waals surface area (Å²) >= 11 is 1.45. The molecule has 24 heavy (non-hydrogen) atoms. The molecule has 1 N–H and O–H groups in total. The number of amides is 1. The van der Waals surface area contributed by atoms with Crippen molar-refractivity contribution in [2.75, 3.05) is 18.5 Å². The fourth-order valence-electron chi connectivity index (χ4n) is 2.41. The van der Waals surface area contributed by atoms with E-state index in [1.165, 1.54) is 17.4 Å². The lowest BCUT2D eigenvalue weighted by atomic mass is 10.2. The van der Waals surface area contributed by atoms with Crippen molar-refractivity contribution in [3.05, 3.63) is 54.1 Å². The molecule has 4 rings (SSSR count). The first kappa shape index (κ1) is 14.7. The number of benzene rings is 2. The van der Waals surface area contributed by atoms with Crippen LogP contribution in [0.15, 0.2) is 48.5 Å². The molecule has 1 aromatic heterocycles. The van der Waals surface area contributed by atoms with Gasteiger partial charge in [0.1, 0.15) is 13.2 Å². The molecule has 0 unspecified atom stereocenters. The van der Waals surface area contributed by atoms with Gasteiger partial charge in [0.15, 0.2) is 16.6 Å². The van der Waals surface area contributed by atoms with Crippen molar-refractivity contribution in [1.82, 2.24) is 4.98 Å². The summed E-state index contributed by atoms with van der Waals surface area (Å²) in [6.07, 6.45) is 3.22. The van der Waals surface area contributed by atoms with Crippen molar-refractivity contribution in [1.29, 1.82) is 0 Å². The SMILES string of the molecule is O=C(/C=C/c1ccc2c(c1)OCCO2)Nc1nc2ccccc2s1. The third-order valence-electron chi connectivity index (χ3n) is 3.52. The minimum absolute atomic E-state index is 0.219. The molecule has 1 aliphatic heterocycles. The highest BCUT2D eigenvalue weighted by Crippen LogP contribution is 2.31. The third kappa shape index (κ3) is 3.09. The predicted molar refractivity (Wildman–Crippen MR) is 94.7 cm³/mol. The maximum absolute atomic E-state index is 12.1. The second-order valence-corrected chi connectivity index (χ2v) is 6.24. The molecule has 0 aliphatic carbocycles. The first-order valence-electron chi connectivity index (χ1n) is 7.52. The van der Waals surface area contributed by atoms with Crippen molar-refractivity contribution in [2.24, 2.45) is 0 Å². The molecule has 0 bridgehead atoms. The van der Waals surface area contributed by atoms with Gasteiger partial charge in [-0.25, -0.2) is 4.98 Å². The van der Waals surface area contributed by atoms with E-state index < -0.39 is 0 Å². The highest BCUT2D eigenvalue weighted by molar-refractivity contribution is 7.22. The normalized spacial score (nSPS) is 13.3. The number of fused-ring (bicyclic) bond motifs is 2. The summed E-state index contributed by atoms with van der Waals surface area (Å²) in [6, 6.07) is 13.4. The van der Waals surface area contributed by atoms with Crippen LogP contribution in [-0.4, -0.2) is 24.1 Å². The maximum atomic E-state index is 12.1. The number of aromatic nitrogens is 1. The molecule has 0 radical (unpaired) electrons. The first-order valence-corrected chi connectivity index (χ1v) is 8.34. The molecule has 2 aromatic carbocycles. The molecule has 120 valence electrons. The number of carbonyl (C=O) groups is 1. The van der Waals surface area contributed by atoms with Gasteiger partial charge in [-0.15, -0.1) is 0 Å². The zero-order valence-electron chi connectivity index (χ0n) is 12.7. The van der Waals surface area contributed by atoms with Crippen LogP contribution in [0.1, 0.15) is 5.56 Å². The summed E-state index contributed by atoms with van der Waals surface area (Å²) in [7, 11) is 0. The van der Waals surface area contributed by atoms with Gasteiger partial charge in [-0.2, -0.15) is 0 Å². The van der Waals surface area contributed by atoms with E-state index in [1.54, 1.807) is 6.08 Å². The van der Waals surface area contributed by atoms with E-state index in [9.17, 15) is 4.79 Å². The number of hydrogen-bond acceptors (Lipinski definition) is 5. The Balaban J connectivity index is 1.46. The van der Waals surface area contributed by atoms with Gasteiger partial charge in [0.2, 0.25) is 5.91 Å². The fraction of sp³-hybridized carbons (Fsp3) is 0.111. The molecule has 0 spiro atoms. The topological polar surface area (TPSA) is 60.5 Å². The average Bonchev–Trinajstić information content (AvgIpc) is 3.02. The number of thiazole rings is 1. The molecule has 1 amide bonds. The van der Waals surface area contributed by atoms with Gasteiger partial charge >= 0.3 is 0 Å². The van der Waals surface area contributed by atoms with Crippen LogP contribution < -0.4 is 14.8 Å². The summed E-state index contributed by atoms with van der Waals surface area (Å²) in [5.41, 5.74) is 1.76. The van der Waals surface area contributed by atoms with E-state index in [1.807, 2.05) is 42.5 Å². The minimum atomic E-state index is -0.219. The van der Waals surface area contributed by atoms with Crippen molar-refractivity contribution in [2.45, 2.75) is 0 Å². The first-order chi connectivity index (χ1) is 11.8. The highest BCUT2D eigenvalue weighted by atomic mass is 32.1. The van der Waals surface area contributed by atoms with E-state index in [0.29, 0.717) is 24.1 Å². The van der Waals surface area contributed by atoms with Gasteiger partial charge < -0.3 is 9.47 Å². The number of carbonyl (C=O) groups excluding carboxylic acids is 1. The van der Waals surface area contributed by atoms with Crippen LogP contribution in [0.25, 0.3) is 16.3 Å². The molecular formula is C18H14N2O3S. The lowest BCUT2D eigenvalue weighted by Crippen LogP contribution is -2.15. The molecule has 0 atom stereocenters. The van der Waals surface area contributed by atoms with Gasteiger partial charge in [-0.05, 0) is 35.9 Å². The van der Waals surface area contributed by atoms with Gasteiger partial charge in [-0.3, -0.25) is 10.1 Å². The van der Waals surface area contributed by atoms with Crippen molar-refractivity contribution >= 4 is 38.7 Å². The van der Waals surface area contributed by atoms with Gasteiger partial charge in [0, 0.05) is 6.08 Å². The second-order valence-electron chi connectivity index (χ2n) is 5.21. The number of nitrogens with one attached hydrogen (secondary N) is 1. The van der Waals surface area contributed by atoms with E-state index in [4.69, 9.17) is 9.47 Å². The lowest BCUT2D eigenvalue weighted by molar-refractivity contribution is -0.111. The van der Waals surface area contributed by atoms with E-state index in [-0.39, 0.29) is 5.91 Å². The minimum Gasteiger partial charge on any atom is -0.486 e. The largest absolute Gasteiger partial charge is 0.486 e. The molecule has 1 aliphatic rings. The Morgan fingerprint density at radius 3 is 2.83 bits per heavy atom. The van der Waals surface area contributed by atoms with Crippen LogP contribution in [0, 0.1) is 0 Å². The molecule has 0 saturated carbocycles. The Bertz CT molecular complexity index is 900. The fourth-order valence-corrected chi connectivity index (χ4v) is 3.28. The number of nitrogens with zero attached hydrogens (tertiary/aromatic N) is 1. The summed E-state index contributed by atoms with van der Waals surface area (Å²) in [6.45, 7) is 1.10. The van der Waals surface area contributed by atoms with Crippen LogP contribution in [0.5, 0.6) is 11.5 Å². The summed E-state index contributed by atoms with van der Waals surface area (Å²) in [5, 5.41) is 3.38. The maximum Gasteiger partial charge on any atom is 0.250 e. The van der Waals surface area contributed by atoms with Crippen molar-refractivity contribution < 1.29 is 14.3 Å². The Morgan fingerprint density at radius 2 is 1.96 bits per heavy atom. The Morgan fingerprint density at radius 1 is 1.12 bits per heavy atom. The standard InChI is InChI=1S/C18H14N2O3S/c21-17(20-18-19-13-3-1-2-4-16(13)24-18)8-6-12-5-7-14-15(11-12)23-10-9-22-14/h1-8,11H,9-10H2,(H,19,20,21)/b8-6+. The van der Waals surface area contributed by atoms with Crippen molar-refractivity contribution in [3.8, 4) is 11.5 Å². The van der Waals surface area contributed by atoms with Crippen LogP contribution in [0.4, 0.5) is 5.13 Å². The Kier molecular flexibility index (Phi) is 3.88. The summed E-state index contributed by atoms with van der Waals surface area (Å²) in [4.78, 5) is 16.4. The quantitative estimate of drug-likeness (QED) is 0.740. The zero-order valence-corrected chi connectivity index (χ0v) is 13.5. The van der Waals surface area contributed by atoms with Crippen LogP contribution in [-0.2, 0) is 4.79 Å². The zero-order chi connectivity index (χ0) is 16.4. The van der Waals surface area contributed by atoms with Gasteiger partial charge in [-0.1, -0.05) is 29.5 Å². The molecule has 2 heterocycles. The number of para-hydroxylation sites is 1. The number of rotatable bonds is 3. The molecule has 6 heteroatoms. The van der Waals surface area contributed by atoms with Crippen LogP contribution in [0.2, 0.25) is 0 Å². The Labute approximate surface area is 142 Å². The van der Waals surface area contributed by atoms with Crippen LogP contribution in [0.3, 0.4) is 0 Å². The molecule has 3 aromatic rings. The van der Waals surface area contributed by atoms with E-state index >= 15 is 0 Å². The smallest absolute Gasteiger partial charge is 0.250 e. The second kappa shape index (κ2) is 6.33. The van der Waals surface area contributed by atoms with E-state index in [0.717, 1.165) is 21.5 Å². The molecular weight excluding hydrogens is 324 g/mol. The predicted octanol–water partition coefficient (Wildman–Crippen LogP) is 3.72. The monoisotopic (exact) mass is 338 g/mol. The lowest BCUT2D eigenvalue weighted by Gasteiger charge is -2.18. The molecule has 5 nitrogen and oxygen atoms in total. The number of ether oxygens (including phenoxy) is 2. The van der Waals surface area contributed by atoms with E-state index in [2.05, 4.69) is 10.3 Å². The van der Waals surface area contributed by atoms with Gasteiger partial charge in [0.25, 0.3) is 0 Å². The number of hydrogen-bond donors (Lipinski definition) is 1. The molecule has 0 saturated heterocycles. The third-order valence-corrected chi connectivity index (χ3v) is 4.47. The summed E-state index contributed by atoms with van der Waals surface area (Å²) < 4.78 is 12.1. The average molecular weight is 338 g/mol. The van der Waals surface area contributed by atoms with Crippen molar-refractivity contribution in [3.63, 3.8) is 0 Å². The summed E-state index contributed by atoms with van der Waals surface area (Å²) in [5.74, 6) is 1.22.